The number of hydrogen-bond donors (Lipinski definition) is 1. The summed E-state index contributed by atoms with van der Waals surface area (Å²) in [7, 11) is 0.164. The minimum absolute atomic E-state index is 0.0602. The first-order valence-corrected chi connectivity index (χ1v) is 13.6. The van der Waals surface area contributed by atoms with Crippen LogP contribution < -0.4 is 5.32 Å². The number of rotatable bonds is 9. The Balaban J connectivity index is 1.32. The van der Waals surface area contributed by atoms with Crippen LogP contribution in [0.3, 0.4) is 0 Å². The van der Waals surface area contributed by atoms with Crippen molar-refractivity contribution in [3.8, 4) is 0 Å². The Morgan fingerprint density at radius 3 is 2.58 bits per heavy atom. The van der Waals surface area contributed by atoms with Crippen LogP contribution in [-0.2, 0) is 19.3 Å². The van der Waals surface area contributed by atoms with Gasteiger partial charge in [-0.05, 0) is 76.3 Å². The Bertz CT molecular complexity index is 1040. The van der Waals surface area contributed by atoms with Crippen LogP contribution in [0.25, 0.3) is 0 Å². The molecule has 6 nitrogen and oxygen atoms in total. The lowest BCUT2D eigenvalue weighted by Crippen LogP contribution is -2.41. The maximum Gasteiger partial charge on any atom is 0.181 e. The lowest BCUT2D eigenvalue weighted by atomic mass is 10.1. The number of piperidine rings is 1. The molecule has 180 valence electrons. The number of nitrogens with one attached hydrogen (secondary N) is 1. The summed E-state index contributed by atoms with van der Waals surface area (Å²) in [5.41, 5.74) is 1.06. The molecule has 33 heavy (non-hydrogen) atoms. The van der Waals surface area contributed by atoms with Gasteiger partial charge in [0.25, 0.3) is 0 Å². The Morgan fingerprint density at radius 2 is 1.94 bits per heavy atom. The average molecular weight is 495 g/mol. The third kappa shape index (κ3) is 6.24. The quantitative estimate of drug-likeness (QED) is 0.509. The fourth-order valence-electron chi connectivity index (χ4n) is 4.06. The summed E-state index contributed by atoms with van der Waals surface area (Å²) in [6.45, 7) is 5.68. The topological polar surface area (TPSA) is 67.9 Å². The summed E-state index contributed by atoms with van der Waals surface area (Å²) < 4.78 is 51.3. The first-order valence-electron chi connectivity index (χ1n) is 11.6. The van der Waals surface area contributed by atoms with Crippen LogP contribution in [0.1, 0.15) is 46.0 Å². The van der Waals surface area contributed by atoms with Crippen molar-refractivity contribution >= 4 is 30.0 Å². The lowest BCUT2D eigenvalue weighted by molar-refractivity contribution is 0.0645. The van der Waals surface area contributed by atoms with Crippen molar-refractivity contribution in [2.24, 2.45) is 0 Å². The average Bonchev–Trinajstić information content (AvgIpc) is 3.61. The number of hydrogen-bond acceptors (Lipinski definition) is 5. The van der Waals surface area contributed by atoms with Crippen molar-refractivity contribution in [3.63, 3.8) is 0 Å². The third-order valence-electron chi connectivity index (χ3n) is 5.99. The molecule has 1 saturated carbocycles. The van der Waals surface area contributed by atoms with Crippen molar-refractivity contribution < 1.29 is 22.3 Å². The van der Waals surface area contributed by atoms with Gasteiger partial charge in [-0.15, -0.1) is 0 Å². The SMILES string of the molecule is CC(C)OC(=P)N1CCC(OC2=CC(Nc3ccc(S(=O)(=O)C4CC4)cc3F)CC=C2)CC1. The van der Waals surface area contributed by atoms with Gasteiger partial charge in [0.15, 0.2) is 9.84 Å². The van der Waals surface area contributed by atoms with E-state index in [1.54, 1.807) is 0 Å². The fourth-order valence-corrected chi connectivity index (χ4v) is 6.19. The number of benzene rings is 1. The van der Waals surface area contributed by atoms with Crippen molar-refractivity contribution in [1.29, 1.82) is 0 Å². The molecule has 1 unspecified atom stereocenters. The summed E-state index contributed by atoms with van der Waals surface area (Å²) in [4.78, 5) is 2.23. The second-order valence-electron chi connectivity index (χ2n) is 9.12. The van der Waals surface area contributed by atoms with Crippen LogP contribution in [0.15, 0.2) is 47.1 Å². The van der Waals surface area contributed by atoms with E-state index in [-0.39, 0.29) is 28.4 Å². The maximum atomic E-state index is 14.7. The molecule has 1 aromatic rings. The molecule has 1 aromatic carbocycles. The second kappa shape index (κ2) is 10.3. The van der Waals surface area contributed by atoms with Gasteiger partial charge in [0.2, 0.25) is 0 Å². The zero-order valence-corrected chi connectivity index (χ0v) is 20.9. The highest BCUT2D eigenvalue weighted by Gasteiger charge is 2.37. The number of nitrogens with zero attached hydrogens (tertiary/aromatic N) is 1. The third-order valence-corrected chi connectivity index (χ3v) is 8.68. The summed E-state index contributed by atoms with van der Waals surface area (Å²) >= 11 is 0. The Labute approximate surface area is 198 Å². The van der Waals surface area contributed by atoms with Crippen molar-refractivity contribution in [2.75, 3.05) is 18.4 Å². The van der Waals surface area contributed by atoms with Crippen LogP contribution >= 0.6 is 8.86 Å². The van der Waals surface area contributed by atoms with E-state index in [0.717, 1.165) is 43.4 Å². The van der Waals surface area contributed by atoms with Crippen LogP contribution in [0.4, 0.5) is 10.1 Å². The molecule has 1 N–H and O–H groups in total. The van der Waals surface area contributed by atoms with E-state index in [2.05, 4.69) is 19.1 Å². The zero-order valence-electron chi connectivity index (χ0n) is 19.1. The first kappa shape index (κ1) is 24.4. The van der Waals surface area contributed by atoms with Gasteiger partial charge in [-0.3, -0.25) is 4.90 Å². The van der Waals surface area contributed by atoms with E-state index in [9.17, 15) is 12.8 Å². The van der Waals surface area contributed by atoms with Crippen molar-refractivity contribution in [2.45, 2.75) is 74.3 Å². The minimum atomic E-state index is -3.41. The van der Waals surface area contributed by atoms with Gasteiger partial charge in [-0.2, -0.15) is 0 Å². The number of allylic oxidation sites excluding steroid dienone is 1. The minimum Gasteiger partial charge on any atom is -0.491 e. The van der Waals surface area contributed by atoms with Gasteiger partial charge in [-0.25, -0.2) is 12.8 Å². The fraction of sp³-hybridized carbons (Fsp3) is 0.542. The second-order valence-corrected chi connectivity index (χ2v) is 11.8. The molecule has 9 heteroatoms. The molecule has 0 aromatic heterocycles. The normalized spacial score (nSPS) is 22.3. The number of ether oxygens (including phenoxy) is 2. The maximum absolute atomic E-state index is 14.7. The summed E-state index contributed by atoms with van der Waals surface area (Å²) in [5.74, 6) is 0.214. The van der Waals surface area contributed by atoms with Gasteiger partial charge in [0, 0.05) is 13.1 Å². The van der Waals surface area contributed by atoms with Crippen molar-refractivity contribution in [3.05, 3.63) is 48.0 Å². The highest BCUT2D eigenvalue weighted by molar-refractivity contribution is 7.92. The Kier molecular flexibility index (Phi) is 7.59. The molecule has 1 heterocycles. The smallest absolute Gasteiger partial charge is 0.181 e. The molecule has 3 aliphatic rings. The van der Waals surface area contributed by atoms with E-state index < -0.39 is 15.7 Å². The molecule has 1 saturated heterocycles. The van der Waals surface area contributed by atoms with Crippen LogP contribution in [0.5, 0.6) is 0 Å². The van der Waals surface area contributed by atoms with Crippen LogP contribution in [-0.4, -0.2) is 55.5 Å². The Morgan fingerprint density at radius 1 is 1.21 bits per heavy atom. The molecular weight excluding hydrogens is 462 g/mol. The molecule has 4 rings (SSSR count). The van der Waals surface area contributed by atoms with E-state index in [0.29, 0.717) is 24.9 Å². The van der Waals surface area contributed by atoms with Gasteiger partial charge in [-0.1, -0.05) is 14.9 Å². The van der Waals surface area contributed by atoms with Gasteiger partial charge >= 0.3 is 0 Å². The highest BCUT2D eigenvalue weighted by Crippen LogP contribution is 2.34. The molecular formula is C24H32FN2O4PS. The first-order chi connectivity index (χ1) is 15.7. The van der Waals surface area contributed by atoms with E-state index >= 15 is 0 Å². The van der Waals surface area contributed by atoms with Gasteiger partial charge in [0.05, 0.1) is 28.0 Å². The molecule has 0 amide bonds. The molecule has 2 fully saturated rings. The monoisotopic (exact) mass is 494 g/mol. The molecule has 2 aliphatic carbocycles. The molecule has 1 atom stereocenters. The van der Waals surface area contributed by atoms with Gasteiger partial charge < -0.3 is 14.8 Å². The number of anilines is 1. The summed E-state index contributed by atoms with van der Waals surface area (Å²) in [5, 5.41) is 2.82. The largest absolute Gasteiger partial charge is 0.491 e. The molecule has 0 spiro atoms. The molecule has 0 radical (unpaired) electrons. The van der Waals surface area contributed by atoms with Crippen LogP contribution in [0, 0.1) is 5.82 Å². The van der Waals surface area contributed by atoms with E-state index in [1.807, 2.05) is 32.1 Å². The number of likely N-dealkylation sites (tertiary alicyclic amines) is 1. The van der Waals surface area contributed by atoms with Crippen LogP contribution in [0.2, 0.25) is 0 Å². The lowest BCUT2D eigenvalue weighted by Gasteiger charge is -2.33. The highest BCUT2D eigenvalue weighted by atomic mass is 32.2. The predicted octanol–water partition coefficient (Wildman–Crippen LogP) is 4.52. The number of halogens is 1. The summed E-state index contributed by atoms with van der Waals surface area (Å²) in [6, 6.07) is 4.00. The Hall–Kier alpha value is -1.73. The van der Waals surface area contributed by atoms with E-state index in [4.69, 9.17) is 9.47 Å². The van der Waals surface area contributed by atoms with Crippen molar-refractivity contribution in [1.82, 2.24) is 4.90 Å². The zero-order chi connectivity index (χ0) is 23.6. The molecule has 0 bridgehead atoms. The summed E-state index contributed by atoms with van der Waals surface area (Å²) in [6.07, 6.45) is 9.93. The standard InChI is InChI=1S/C24H32FN2O4PS/c1-16(2)30-24(32)27-12-10-18(11-13-27)31-19-5-3-4-17(14-19)26-23-9-8-21(15-22(23)25)33(28,29)20-6-7-20/h3,5,8-9,14-18,20,26,32H,4,6-7,10-13H2,1-2H3. The van der Waals surface area contributed by atoms with E-state index in [1.165, 1.54) is 12.1 Å². The molecule has 1 aliphatic heterocycles. The van der Waals surface area contributed by atoms with Gasteiger partial charge in [0.1, 0.15) is 23.3 Å². The predicted molar refractivity (Wildman–Crippen MR) is 131 cm³/mol. The number of sulfone groups is 1.